The smallest absolute Gasteiger partial charge is 0.339 e. The summed E-state index contributed by atoms with van der Waals surface area (Å²) in [5, 5.41) is 14.1. The second-order valence-corrected chi connectivity index (χ2v) is 5.13. The molecule has 0 spiro atoms. The number of aryl methyl sites for hydroxylation is 1. The van der Waals surface area contributed by atoms with Gasteiger partial charge in [-0.25, -0.2) is 4.79 Å². The number of carbonyl (C=O) groups excluding carboxylic acids is 2. The van der Waals surface area contributed by atoms with Crippen LogP contribution in [-0.4, -0.2) is 28.9 Å². The topological polar surface area (TPSA) is 109 Å². The summed E-state index contributed by atoms with van der Waals surface area (Å²) in [6, 6.07) is 0.735. The molecular weight excluding hydrogens is 276 g/mol. The molecule has 1 heterocycles. The Balaban J connectivity index is 2.68. The molecule has 7 heteroatoms. The highest BCUT2D eigenvalue weighted by Gasteiger charge is 2.23. The van der Waals surface area contributed by atoms with Crippen LogP contribution in [0.3, 0.4) is 0 Å². The van der Waals surface area contributed by atoms with Crippen LogP contribution in [0.25, 0.3) is 0 Å². The lowest BCUT2D eigenvalue weighted by atomic mass is 10.0. The number of carbonyl (C=O) groups is 3. The van der Waals surface area contributed by atoms with Crippen molar-refractivity contribution in [3.8, 4) is 0 Å². The molecule has 0 aliphatic rings. The first-order chi connectivity index (χ1) is 9.72. The molecule has 1 rings (SSSR count). The second-order valence-electron chi connectivity index (χ2n) is 5.13. The van der Waals surface area contributed by atoms with E-state index in [9.17, 15) is 14.4 Å². The molecule has 7 nitrogen and oxygen atoms in total. The van der Waals surface area contributed by atoms with Crippen LogP contribution in [0, 0.1) is 12.8 Å². The molecule has 0 bridgehead atoms. The number of nitrogens with one attached hydrogen (secondary N) is 2. The third-order valence-corrected chi connectivity index (χ3v) is 2.94. The van der Waals surface area contributed by atoms with E-state index in [1.165, 1.54) is 13.0 Å². The number of furan rings is 1. The molecule has 0 saturated carbocycles. The van der Waals surface area contributed by atoms with Gasteiger partial charge in [0, 0.05) is 6.92 Å². The summed E-state index contributed by atoms with van der Waals surface area (Å²) in [5.41, 5.74) is 0.0709. The number of rotatable bonds is 6. The Morgan fingerprint density at radius 1 is 1.33 bits per heavy atom. The van der Waals surface area contributed by atoms with Gasteiger partial charge in [0.2, 0.25) is 11.8 Å². The number of aromatic carboxylic acids is 1. The van der Waals surface area contributed by atoms with Gasteiger partial charge >= 0.3 is 5.97 Å². The molecule has 0 radical (unpaired) electrons. The van der Waals surface area contributed by atoms with Crippen molar-refractivity contribution >= 4 is 17.8 Å². The van der Waals surface area contributed by atoms with Crippen LogP contribution in [0.4, 0.5) is 0 Å². The molecule has 116 valence electrons. The van der Waals surface area contributed by atoms with Gasteiger partial charge in [0.15, 0.2) is 0 Å². The Hall–Kier alpha value is -2.31. The molecule has 0 saturated heterocycles. The predicted molar refractivity (Wildman–Crippen MR) is 74.7 cm³/mol. The van der Waals surface area contributed by atoms with Gasteiger partial charge in [0.1, 0.15) is 23.1 Å². The zero-order valence-electron chi connectivity index (χ0n) is 12.5. The second kappa shape index (κ2) is 6.92. The largest absolute Gasteiger partial charge is 0.478 e. The first-order valence-electron chi connectivity index (χ1n) is 6.59. The van der Waals surface area contributed by atoms with Crippen molar-refractivity contribution in [1.82, 2.24) is 10.6 Å². The van der Waals surface area contributed by atoms with E-state index in [1.807, 2.05) is 13.8 Å². The molecule has 2 amide bonds. The fourth-order valence-corrected chi connectivity index (χ4v) is 1.88. The van der Waals surface area contributed by atoms with E-state index in [0.717, 1.165) is 0 Å². The number of carboxylic acid groups (broad SMARTS) is 1. The summed E-state index contributed by atoms with van der Waals surface area (Å²) in [6.45, 7) is 6.59. The Bertz CT molecular complexity index is 548. The van der Waals surface area contributed by atoms with Crippen molar-refractivity contribution in [2.75, 3.05) is 0 Å². The molecule has 1 aromatic rings. The Kier molecular flexibility index (Phi) is 5.52. The van der Waals surface area contributed by atoms with E-state index in [0.29, 0.717) is 5.76 Å². The molecular formula is C14H20N2O5. The van der Waals surface area contributed by atoms with Crippen molar-refractivity contribution in [2.45, 2.75) is 40.3 Å². The maximum absolute atomic E-state index is 12.0. The van der Waals surface area contributed by atoms with Crippen LogP contribution in [0.15, 0.2) is 10.5 Å². The molecule has 3 N–H and O–H groups in total. The fraction of sp³-hybridized carbons (Fsp3) is 0.500. The highest BCUT2D eigenvalue weighted by atomic mass is 16.4. The summed E-state index contributed by atoms with van der Waals surface area (Å²) >= 11 is 0. The molecule has 0 aromatic carbocycles. The third-order valence-electron chi connectivity index (χ3n) is 2.94. The monoisotopic (exact) mass is 296 g/mol. The minimum Gasteiger partial charge on any atom is -0.478 e. The molecule has 1 aromatic heterocycles. The van der Waals surface area contributed by atoms with E-state index in [-0.39, 0.29) is 35.6 Å². The van der Waals surface area contributed by atoms with E-state index in [2.05, 4.69) is 10.6 Å². The molecule has 21 heavy (non-hydrogen) atoms. The number of hydrogen-bond donors (Lipinski definition) is 3. The maximum Gasteiger partial charge on any atom is 0.339 e. The van der Waals surface area contributed by atoms with Crippen molar-refractivity contribution in [1.29, 1.82) is 0 Å². The van der Waals surface area contributed by atoms with Crippen molar-refractivity contribution in [3.05, 3.63) is 23.2 Å². The molecule has 1 atom stereocenters. The lowest BCUT2D eigenvalue weighted by molar-refractivity contribution is -0.129. The van der Waals surface area contributed by atoms with Gasteiger partial charge in [0.05, 0.1) is 6.54 Å². The van der Waals surface area contributed by atoms with Crippen LogP contribution in [0.5, 0.6) is 0 Å². The number of carboxylic acids is 1. The normalized spacial score (nSPS) is 12.0. The van der Waals surface area contributed by atoms with E-state index in [1.54, 1.807) is 6.92 Å². The fourth-order valence-electron chi connectivity index (χ4n) is 1.88. The summed E-state index contributed by atoms with van der Waals surface area (Å²) in [5.74, 6) is -1.14. The van der Waals surface area contributed by atoms with Gasteiger partial charge in [0.25, 0.3) is 0 Å². The van der Waals surface area contributed by atoms with Crippen molar-refractivity contribution in [3.63, 3.8) is 0 Å². The summed E-state index contributed by atoms with van der Waals surface area (Å²) in [6.07, 6.45) is 0. The maximum atomic E-state index is 12.0. The van der Waals surface area contributed by atoms with Gasteiger partial charge in [-0.3, -0.25) is 9.59 Å². The molecule has 0 aliphatic heterocycles. The average molecular weight is 296 g/mol. The van der Waals surface area contributed by atoms with Crippen molar-refractivity contribution in [2.24, 2.45) is 5.92 Å². The third kappa shape index (κ3) is 4.62. The summed E-state index contributed by atoms with van der Waals surface area (Å²) in [7, 11) is 0. The van der Waals surface area contributed by atoms with Crippen LogP contribution >= 0.6 is 0 Å². The summed E-state index contributed by atoms with van der Waals surface area (Å²) in [4.78, 5) is 34.0. The first kappa shape index (κ1) is 16.7. The molecule has 0 fully saturated rings. The first-order valence-corrected chi connectivity index (χ1v) is 6.59. The van der Waals surface area contributed by atoms with Crippen LogP contribution in [0.2, 0.25) is 0 Å². The molecule has 0 aliphatic carbocycles. The highest BCUT2D eigenvalue weighted by Crippen LogP contribution is 2.14. The Morgan fingerprint density at radius 2 is 1.95 bits per heavy atom. The van der Waals surface area contributed by atoms with Gasteiger partial charge in [-0.2, -0.15) is 0 Å². The van der Waals surface area contributed by atoms with Crippen LogP contribution in [-0.2, 0) is 16.1 Å². The quantitative estimate of drug-likeness (QED) is 0.727. The average Bonchev–Trinajstić information content (AvgIpc) is 2.74. The lowest BCUT2D eigenvalue weighted by Crippen LogP contribution is -2.48. The van der Waals surface area contributed by atoms with E-state index >= 15 is 0 Å². The van der Waals surface area contributed by atoms with E-state index < -0.39 is 12.0 Å². The van der Waals surface area contributed by atoms with Crippen molar-refractivity contribution < 1.29 is 23.9 Å². The van der Waals surface area contributed by atoms with Gasteiger partial charge in [-0.05, 0) is 18.9 Å². The lowest BCUT2D eigenvalue weighted by Gasteiger charge is -2.20. The standard InChI is InChI=1S/C14H20N2O5/c1-7(2)12(16-9(4)17)13(18)15-6-10-5-11(14(19)20)8(3)21-10/h5,7,12H,6H2,1-4H3,(H,15,18)(H,16,17)(H,19,20). The number of amides is 2. The zero-order valence-corrected chi connectivity index (χ0v) is 12.5. The Morgan fingerprint density at radius 3 is 2.38 bits per heavy atom. The zero-order chi connectivity index (χ0) is 16.2. The summed E-state index contributed by atoms with van der Waals surface area (Å²) < 4.78 is 5.26. The minimum absolute atomic E-state index is 0.0652. The van der Waals surface area contributed by atoms with Gasteiger partial charge in [-0.1, -0.05) is 13.8 Å². The number of hydrogen-bond acceptors (Lipinski definition) is 4. The highest BCUT2D eigenvalue weighted by molar-refractivity contribution is 5.89. The van der Waals surface area contributed by atoms with Crippen LogP contribution in [0.1, 0.15) is 42.6 Å². The van der Waals surface area contributed by atoms with Gasteiger partial charge in [-0.15, -0.1) is 0 Å². The molecule has 1 unspecified atom stereocenters. The Labute approximate surface area is 122 Å². The minimum atomic E-state index is -1.08. The predicted octanol–water partition coefficient (Wildman–Crippen LogP) is 1.06. The van der Waals surface area contributed by atoms with Gasteiger partial charge < -0.3 is 20.2 Å². The van der Waals surface area contributed by atoms with E-state index in [4.69, 9.17) is 9.52 Å². The SMILES string of the molecule is CC(=O)NC(C(=O)NCc1cc(C(=O)O)c(C)o1)C(C)C. The van der Waals surface area contributed by atoms with Crippen LogP contribution < -0.4 is 10.6 Å².